The molecule has 0 unspecified atom stereocenters. The van der Waals surface area contributed by atoms with E-state index < -0.39 is 21.0 Å². The molecule has 0 aromatic rings. The second-order valence-electron chi connectivity index (χ2n) is 2.72. The third kappa shape index (κ3) is 7.69. The van der Waals surface area contributed by atoms with Crippen LogP contribution < -0.4 is 0 Å². The zero-order valence-electron chi connectivity index (χ0n) is 7.52. The Morgan fingerprint density at radius 3 is 1.77 bits per heavy atom. The fourth-order valence-corrected chi connectivity index (χ4v) is 4.26. The van der Waals surface area contributed by atoms with Crippen molar-refractivity contribution in [1.82, 2.24) is 0 Å². The van der Waals surface area contributed by atoms with Crippen LogP contribution in [0.15, 0.2) is 0 Å². The minimum absolute atomic E-state index is 0.0960. The first-order chi connectivity index (χ1) is 6.06. The molecule has 0 aromatic heterocycles. The molecule has 0 amide bonds. The van der Waals surface area contributed by atoms with E-state index in [0.717, 1.165) is 0 Å². The summed E-state index contributed by atoms with van der Waals surface area (Å²) in [5, 5.41) is 16.8. The fraction of sp³-hybridized carbons (Fsp3) is 0.667. The zero-order valence-corrected chi connectivity index (χ0v) is 10.7. The molecular formula is C6H14O5Si2. The highest BCUT2D eigenvalue weighted by Gasteiger charge is 2.13. The molecule has 5 nitrogen and oxygen atoms in total. The van der Waals surface area contributed by atoms with Crippen LogP contribution in [0.1, 0.15) is 12.8 Å². The van der Waals surface area contributed by atoms with Gasteiger partial charge in [0.25, 0.3) is 0 Å². The third-order valence-electron chi connectivity index (χ3n) is 1.69. The average molecular weight is 222 g/mol. The molecule has 0 aliphatic heterocycles. The molecule has 0 saturated heterocycles. The molecule has 0 radical (unpaired) electrons. The molecule has 0 aliphatic rings. The highest BCUT2D eigenvalue weighted by molar-refractivity contribution is 6.56. The SMILES string of the molecule is O=C(O)CC[SiH](CCC(=O)O)O[SiH3]. The fourth-order valence-electron chi connectivity index (χ4n) is 0.949. The van der Waals surface area contributed by atoms with Gasteiger partial charge in [-0.1, -0.05) is 0 Å². The van der Waals surface area contributed by atoms with Crippen molar-refractivity contribution in [2.45, 2.75) is 24.9 Å². The summed E-state index contributed by atoms with van der Waals surface area (Å²) >= 11 is 0. The Bertz CT molecular complexity index is 166. The summed E-state index contributed by atoms with van der Waals surface area (Å²) in [5.41, 5.74) is 0. The van der Waals surface area contributed by atoms with Crippen LogP contribution in [0.5, 0.6) is 0 Å². The molecule has 13 heavy (non-hydrogen) atoms. The Morgan fingerprint density at radius 2 is 1.54 bits per heavy atom. The van der Waals surface area contributed by atoms with Crippen LogP contribution in [0.2, 0.25) is 12.1 Å². The molecule has 2 N–H and O–H groups in total. The van der Waals surface area contributed by atoms with E-state index >= 15 is 0 Å². The summed E-state index contributed by atoms with van der Waals surface area (Å²) in [6.45, 7) is 0. The van der Waals surface area contributed by atoms with Crippen molar-refractivity contribution >= 4 is 31.5 Å². The lowest BCUT2D eigenvalue weighted by Crippen LogP contribution is -2.19. The first kappa shape index (κ1) is 12.3. The van der Waals surface area contributed by atoms with E-state index in [9.17, 15) is 9.59 Å². The quantitative estimate of drug-likeness (QED) is 0.537. The molecule has 0 atom stereocenters. The van der Waals surface area contributed by atoms with Gasteiger partial charge in [0, 0.05) is 12.8 Å². The van der Waals surface area contributed by atoms with Crippen LogP contribution in [-0.4, -0.2) is 41.7 Å². The van der Waals surface area contributed by atoms with E-state index in [-0.39, 0.29) is 12.8 Å². The maximum atomic E-state index is 10.2. The molecule has 0 bridgehead atoms. The molecule has 0 fully saturated rings. The van der Waals surface area contributed by atoms with Gasteiger partial charge in [0.1, 0.15) is 10.5 Å². The molecule has 0 heterocycles. The lowest BCUT2D eigenvalue weighted by Gasteiger charge is -2.10. The van der Waals surface area contributed by atoms with Crippen LogP contribution in [0.25, 0.3) is 0 Å². The summed E-state index contributed by atoms with van der Waals surface area (Å²) in [7, 11) is -0.957. The summed E-state index contributed by atoms with van der Waals surface area (Å²) in [4.78, 5) is 20.4. The topological polar surface area (TPSA) is 83.8 Å². The number of carboxylic acid groups (broad SMARTS) is 2. The van der Waals surface area contributed by atoms with Crippen LogP contribution >= 0.6 is 0 Å². The van der Waals surface area contributed by atoms with Crippen molar-refractivity contribution in [3.05, 3.63) is 0 Å². The van der Waals surface area contributed by atoms with Crippen molar-refractivity contribution in [1.29, 1.82) is 0 Å². The number of aliphatic carboxylic acids is 2. The molecule has 76 valence electrons. The summed E-state index contributed by atoms with van der Waals surface area (Å²) in [5.74, 6) is -1.68. The minimum Gasteiger partial charge on any atom is -0.481 e. The van der Waals surface area contributed by atoms with Crippen molar-refractivity contribution in [3.63, 3.8) is 0 Å². The van der Waals surface area contributed by atoms with Crippen molar-refractivity contribution in [2.75, 3.05) is 0 Å². The molecular weight excluding hydrogens is 208 g/mol. The number of carbonyl (C=O) groups is 2. The van der Waals surface area contributed by atoms with Gasteiger partial charge in [-0.3, -0.25) is 9.59 Å². The van der Waals surface area contributed by atoms with Crippen molar-refractivity contribution in [2.24, 2.45) is 0 Å². The van der Waals surface area contributed by atoms with Gasteiger partial charge in [-0.05, 0) is 12.1 Å². The average Bonchev–Trinajstić information content (AvgIpc) is 2.04. The second kappa shape index (κ2) is 6.81. The van der Waals surface area contributed by atoms with E-state index in [2.05, 4.69) is 0 Å². The van der Waals surface area contributed by atoms with Crippen LogP contribution in [-0.2, 0) is 13.7 Å². The largest absolute Gasteiger partial charge is 0.481 e. The minimum atomic E-state index is -1.53. The van der Waals surface area contributed by atoms with Crippen molar-refractivity contribution < 1.29 is 23.9 Å². The molecule has 7 heteroatoms. The first-order valence-electron chi connectivity index (χ1n) is 4.02. The Kier molecular flexibility index (Phi) is 6.46. The molecule has 0 spiro atoms. The van der Waals surface area contributed by atoms with Gasteiger partial charge in [-0.2, -0.15) is 0 Å². The Labute approximate surface area is 81.0 Å². The third-order valence-corrected chi connectivity index (χ3v) is 6.23. The van der Waals surface area contributed by atoms with Gasteiger partial charge in [0.05, 0.1) is 0 Å². The predicted octanol–water partition coefficient (Wildman–Crippen LogP) is -1.04. The van der Waals surface area contributed by atoms with E-state index in [1.165, 1.54) is 0 Å². The lowest BCUT2D eigenvalue weighted by atomic mass is 10.5. The van der Waals surface area contributed by atoms with E-state index in [1.54, 1.807) is 0 Å². The molecule has 0 rings (SSSR count). The Hall–Kier alpha value is -0.666. The standard InChI is InChI=1S/C6H14O5Si2/c7-5(8)1-3-13(11-12)4-2-6(9)10/h13H,1-4H2,12H3,(H,7,8)(H,9,10). The maximum absolute atomic E-state index is 10.2. The Balaban J connectivity index is 3.63. The first-order valence-corrected chi connectivity index (χ1v) is 6.94. The predicted molar refractivity (Wildman–Crippen MR) is 52.3 cm³/mol. The van der Waals surface area contributed by atoms with E-state index in [4.69, 9.17) is 14.3 Å². The van der Waals surface area contributed by atoms with Gasteiger partial charge >= 0.3 is 11.9 Å². The number of hydrogen-bond donors (Lipinski definition) is 2. The highest BCUT2D eigenvalue weighted by atomic mass is 28.3. The van der Waals surface area contributed by atoms with Gasteiger partial charge in [0.15, 0.2) is 9.04 Å². The second-order valence-corrected chi connectivity index (χ2v) is 7.01. The van der Waals surface area contributed by atoms with Gasteiger partial charge in [0.2, 0.25) is 0 Å². The number of rotatable bonds is 7. The maximum Gasteiger partial charge on any atom is 0.303 e. The Morgan fingerprint density at radius 1 is 1.15 bits per heavy atom. The smallest absolute Gasteiger partial charge is 0.303 e. The normalized spacial score (nSPS) is 10.5. The molecule has 0 aromatic carbocycles. The summed E-state index contributed by atoms with van der Waals surface area (Å²) in [6.07, 6.45) is 0.192. The van der Waals surface area contributed by atoms with Crippen LogP contribution in [0.4, 0.5) is 0 Å². The van der Waals surface area contributed by atoms with E-state index in [0.29, 0.717) is 22.6 Å². The summed E-state index contributed by atoms with van der Waals surface area (Å²) < 4.78 is 5.20. The molecule has 0 saturated carbocycles. The van der Waals surface area contributed by atoms with Crippen LogP contribution in [0, 0.1) is 0 Å². The number of hydrogen-bond acceptors (Lipinski definition) is 3. The van der Waals surface area contributed by atoms with Gasteiger partial charge in [-0.25, -0.2) is 0 Å². The van der Waals surface area contributed by atoms with Crippen molar-refractivity contribution in [3.8, 4) is 0 Å². The monoisotopic (exact) mass is 222 g/mol. The summed E-state index contributed by atoms with van der Waals surface area (Å²) in [6, 6.07) is 1.07. The number of carboxylic acids is 2. The van der Waals surface area contributed by atoms with Crippen LogP contribution in [0.3, 0.4) is 0 Å². The zero-order chi connectivity index (χ0) is 10.3. The van der Waals surface area contributed by atoms with Gasteiger partial charge in [-0.15, -0.1) is 0 Å². The molecule has 0 aliphatic carbocycles. The van der Waals surface area contributed by atoms with E-state index in [1.807, 2.05) is 0 Å². The van der Waals surface area contributed by atoms with Gasteiger partial charge < -0.3 is 14.3 Å². The highest BCUT2D eigenvalue weighted by Crippen LogP contribution is 2.06. The lowest BCUT2D eigenvalue weighted by molar-refractivity contribution is -0.137.